The van der Waals surface area contributed by atoms with Crippen molar-refractivity contribution in [3.63, 3.8) is 0 Å². The maximum absolute atomic E-state index is 12.8. The molecule has 3 rings (SSSR count). The van der Waals surface area contributed by atoms with Crippen molar-refractivity contribution in [2.75, 3.05) is 7.11 Å². The van der Waals surface area contributed by atoms with Gasteiger partial charge >= 0.3 is 5.97 Å². The van der Waals surface area contributed by atoms with E-state index in [1.807, 2.05) is 30.3 Å². The molecule has 0 saturated carbocycles. The van der Waals surface area contributed by atoms with Crippen LogP contribution >= 0.6 is 22.9 Å². The van der Waals surface area contributed by atoms with Gasteiger partial charge in [-0.15, -0.1) is 22.9 Å². The summed E-state index contributed by atoms with van der Waals surface area (Å²) < 4.78 is 5.45. The predicted molar refractivity (Wildman–Crippen MR) is 94.4 cm³/mol. The second-order valence-electron chi connectivity index (χ2n) is 4.91. The molecule has 5 heteroatoms. The van der Waals surface area contributed by atoms with E-state index >= 15 is 0 Å². The van der Waals surface area contributed by atoms with E-state index in [2.05, 4.69) is 0 Å². The minimum atomic E-state index is -0.455. The van der Waals surface area contributed by atoms with Crippen molar-refractivity contribution < 1.29 is 9.53 Å². The van der Waals surface area contributed by atoms with Crippen LogP contribution in [-0.4, -0.2) is 13.1 Å². The Morgan fingerprint density at radius 1 is 1.13 bits per heavy atom. The third-order valence-corrected chi connectivity index (χ3v) is 5.18. The van der Waals surface area contributed by atoms with Gasteiger partial charge in [0.2, 0.25) is 0 Å². The molecule has 0 aliphatic rings. The quantitative estimate of drug-likeness (QED) is 0.520. The molecule has 116 valence electrons. The van der Waals surface area contributed by atoms with E-state index in [0.717, 1.165) is 10.4 Å². The molecule has 1 aromatic heterocycles. The number of esters is 1. The van der Waals surface area contributed by atoms with Gasteiger partial charge in [0.1, 0.15) is 0 Å². The fourth-order valence-corrected chi connectivity index (χ4v) is 4.08. The van der Waals surface area contributed by atoms with Gasteiger partial charge in [0.25, 0.3) is 0 Å². The highest BCUT2D eigenvalue weighted by molar-refractivity contribution is 7.22. The third kappa shape index (κ3) is 2.76. The Labute approximate surface area is 142 Å². The number of carbonyl (C=O) groups is 1. The highest BCUT2D eigenvalue weighted by atomic mass is 35.5. The summed E-state index contributed by atoms with van der Waals surface area (Å²) in [5, 5.41) is 0.494. The number of alkyl halides is 1. The van der Waals surface area contributed by atoms with E-state index in [4.69, 9.17) is 16.3 Å². The fraction of sp³-hybridized carbons (Fsp3) is 0.111. The van der Waals surface area contributed by atoms with Crippen LogP contribution < -0.4 is 5.43 Å². The van der Waals surface area contributed by atoms with Gasteiger partial charge < -0.3 is 4.74 Å². The molecule has 2 aromatic carbocycles. The first kappa shape index (κ1) is 15.7. The van der Waals surface area contributed by atoms with Crippen molar-refractivity contribution in [2.45, 2.75) is 5.88 Å². The minimum absolute atomic E-state index is 0.123. The first-order valence-electron chi connectivity index (χ1n) is 6.95. The summed E-state index contributed by atoms with van der Waals surface area (Å²) in [6.07, 6.45) is 0. The van der Waals surface area contributed by atoms with Crippen LogP contribution in [0.25, 0.3) is 20.5 Å². The summed E-state index contributed by atoms with van der Waals surface area (Å²) in [5.41, 5.74) is 1.72. The topological polar surface area (TPSA) is 43.4 Å². The van der Waals surface area contributed by atoms with Crippen molar-refractivity contribution >= 4 is 39.0 Å². The van der Waals surface area contributed by atoms with Gasteiger partial charge in [-0.2, -0.15) is 0 Å². The number of rotatable bonds is 3. The molecule has 0 N–H and O–H groups in total. The van der Waals surface area contributed by atoms with Crippen molar-refractivity contribution in [1.82, 2.24) is 0 Å². The molecule has 0 spiro atoms. The van der Waals surface area contributed by atoms with Gasteiger partial charge in [0, 0.05) is 15.8 Å². The Bertz CT molecular complexity index is 932. The van der Waals surface area contributed by atoms with Gasteiger partial charge in [-0.05, 0) is 17.7 Å². The van der Waals surface area contributed by atoms with Crippen molar-refractivity contribution in [2.24, 2.45) is 0 Å². The number of methoxy groups -OCH3 is 1. The van der Waals surface area contributed by atoms with Crippen LogP contribution in [0.15, 0.2) is 53.3 Å². The molecule has 0 atom stereocenters. The van der Waals surface area contributed by atoms with Crippen molar-refractivity contribution in [1.29, 1.82) is 0 Å². The molecule has 0 amide bonds. The van der Waals surface area contributed by atoms with Crippen LogP contribution in [-0.2, 0) is 10.6 Å². The maximum atomic E-state index is 12.8. The summed E-state index contributed by atoms with van der Waals surface area (Å²) >= 11 is 7.42. The monoisotopic (exact) mass is 344 g/mol. The number of ether oxygens (including phenoxy) is 1. The zero-order valence-electron chi connectivity index (χ0n) is 12.3. The molecule has 3 aromatic rings. The number of carbonyl (C=O) groups excluding carboxylic acids is 1. The highest BCUT2D eigenvalue weighted by Gasteiger charge is 2.18. The SMILES string of the molecule is COC(=O)c1cccc2c(=O)c(CCl)c(-c3ccccc3)sc12. The Balaban J connectivity index is 2.41. The molecule has 0 saturated heterocycles. The average Bonchev–Trinajstić information content (AvgIpc) is 2.61. The summed E-state index contributed by atoms with van der Waals surface area (Å²) in [4.78, 5) is 25.6. The Kier molecular flexibility index (Phi) is 4.46. The molecule has 0 radical (unpaired) electrons. The predicted octanol–water partition coefficient (Wildman–Crippen LogP) is 4.45. The van der Waals surface area contributed by atoms with Gasteiger partial charge in [-0.25, -0.2) is 4.79 Å². The molecular formula is C18H13ClO3S. The van der Waals surface area contributed by atoms with Crippen LogP contribution in [0.3, 0.4) is 0 Å². The lowest BCUT2D eigenvalue weighted by atomic mass is 10.1. The lowest BCUT2D eigenvalue weighted by Crippen LogP contribution is -2.11. The molecule has 0 aliphatic carbocycles. The second kappa shape index (κ2) is 6.52. The van der Waals surface area contributed by atoms with E-state index in [9.17, 15) is 9.59 Å². The van der Waals surface area contributed by atoms with Crippen LogP contribution in [0.2, 0.25) is 0 Å². The molecule has 3 nitrogen and oxygen atoms in total. The Hall–Kier alpha value is -2.17. The zero-order valence-corrected chi connectivity index (χ0v) is 13.9. The largest absolute Gasteiger partial charge is 0.465 e. The molecule has 23 heavy (non-hydrogen) atoms. The van der Waals surface area contributed by atoms with E-state index in [1.165, 1.54) is 18.4 Å². The number of fused-ring (bicyclic) bond motifs is 1. The van der Waals surface area contributed by atoms with E-state index in [0.29, 0.717) is 21.2 Å². The van der Waals surface area contributed by atoms with Gasteiger partial charge in [-0.3, -0.25) is 4.79 Å². The minimum Gasteiger partial charge on any atom is -0.465 e. The van der Waals surface area contributed by atoms with Crippen LogP contribution in [0.5, 0.6) is 0 Å². The van der Waals surface area contributed by atoms with Crippen LogP contribution in [0.4, 0.5) is 0 Å². The van der Waals surface area contributed by atoms with Crippen LogP contribution in [0, 0.1) is 0 Å². The molecule has 0 aliphatic heterocycles. The van der Waals surface area contributed by atoms with Gasteiger partial charge in [-0.1, -0.05) is 36.4 Å². The molecule has 1 heterocycles. The smallest absolute Gasteiger partial charge is 0.339 e. The first-order chi connectivity index (χ1) is 11.2. The van der Waals surface area contributed by atoms with Crippen LogP contribution in [0.1, 0.15) is 15.9 Å². The second-order valence-corrected chi connectivity index (χ2v) is 6.20. The molecule has 0 fully saturated rings. The number of hydrogen-bond donors (Lipinski definition) is 0. The summed E-state index contributed by atoms with van der Waals surface area (Å²) in [6, 6.07) is 14.6. The zero-order chi connectivity index (χ0) is 16.4. The highest BCUT2D eigenvalue weighted by Crippen LogP contribution is 2.33. The first-order valence-corrected chi connectivity index (χ1v) is 8.31. The molecular weight excluding hydrogens is 332 g/mol. The normalized spacial score (nSPS) is 10.7. The summed E-state index contributed by atoms with van der Waals surface area (Å²) in [6.45, 7) is 0. The van der Waals surface area contributed by atoms with Crippen molar-refractivity contribution in [3.05, 3.63) is 69.9 Å². The third-order valence-electron chi connectivity index (χ3n) is 3.59. The summed E-state index contributed by atoms with van der Waals surface area (Å²) in [5.74, 6) is -0.332. The van der Waals surface area contributed by atoms with Crippen molar-refractivity contribution in [3.8, 4) is 10.4 Å². The average molecular weight is 345 g/mol. The van der Waals surface area contributed by atoms with E-state index < -0.39 is 5.97 Å². The Morgan fingerprint density at radius 3 is 2.52 bits per heavy atom. The number of halogens is 1. The number of hydrogen-bond acceptors (Lipinski definition) is 4. The fourth-order valence-electron chi connectivity index (χ4n) is 2.47. The summed E-state index contributed by atoms with van der Waals surface area (Å²) in [7, 11) is 1.33. The molecule has 0 unspecified atom stereocenters. The number of benzene rings is 2. The lowest BCUT2D eigenvalue weighted by molar-refractivity contribution is 0.0603. The molecule has 0 bridgehead atoms. The van der Waals surface area contributed by atoms with E-state index in [1.54, 1.807) is 18.2 Å². The standard InChI is InChI=1S/C18H13ClO3S/c1-22-18(21)13-9-5-8-12-15(20)14(10-19)16(23-17(12)13)11-6-3-2-4-7-11/h2-9H,10H2,1H3. The Morgan fingerprint density at radius 2 is 1.87 bits per heavy atom. The van der Waals surface area contributed by atoms with E-state index in [-0.39, 0.29) is 11.3 Å². The maximum Gasteiger partial charge on any atom is 0.339 e. The van der Waals surface area contributed by atoms with Gasteiger partial charge in [0.15, 0.2) is 5.43 Å². The lowest BCUT2D eigenvalue weighted by Gasteiger charge is -2.10. The van der Waals surface area contributed by atoms with Gasteiger partial charge in [0.05, 0.1) is 23.3 Å².